The first kappa shape index (κ1) is 18.2. The highest BCUT2D eigenvalue weighted by molar-refractivity contribution is 6.06. The maximum Gasteiger partial charge on any atom is 0.270 e. The molecular weight excluding hydrogens is 357 g/mol. The highest BCUT2D eigenvalue weighted by Gasteiger charge is 2.23. The van der Waals surface area contributed by atoms with Gasteiger partial charge < -0.3 is 14.8 Å². The summed E-state index contributed by atoms with van der Waals surface area (Å²) in [7, 11) is 0. The highest BCUT2D eigenvalue weighted by Crippen LogP contribution is 2.26. The number of carbonyl (C=O) groups is 2. The molecule has 2 aromatic carbocycles. The first-order valence-corrected chi connectivity index (χ1v) is 9.56. The average molecular weight is 379 g/mol. The van der Waals surface area contributed by atoms with Crippen molar-refractivity contribution in [3.05, 3.63) is 65.6 Å². The number of rotatable bonds is 4. The Balaban J connectivity index is 1.63. The molecule has 1 aliphatic heterocycles. The molecule has 6 heteroatoms. The van der Waals surface area contributed by atoms with E-state index in [-0.39, 0.29) is 17.4 Å². The van der Waals surface area contributed by atoms with Crippen molar-refractivity contribution in [3.8, 4) is 0 Å². The van der Waals surface area contributed by atoms with Gasteiger partial charge in [-0.1, -0.05) is 6.07 Å². The Morgan fingerprint density at radius 3 is 2.57 bits per heavy atom. The number of nitrogens with zero attached hydrogens (tertiary/aromatic N) is 2. The lowest BCUT2D eigenvalue weighted by molar-refractivity contribution is 0.0782. The van der Waals surface area contributed by atoms with E-state index in [1.807, 2.05) is 34.6 Å². The summed E-state index contributed by atoms with van der Waals surface area (Å²) in [6.45, 7) is 4.31. The monoisotopic (exact) mass is 379 g/mol. The number of likely N-dealkylation sites (tertiary alicyclic amines) is 1. The fourth-order valence-electron chi connectivity index (χ4n) is 3.78. The van der Waals surface area contributed by atoms with Gasteiger partial charge in [0.05, 0.1) is 0 Å². The Kier molecular flexibility index (Phi) is 4.86. The van der Waals surface area contributed by atoms with Gasteiger partial charge in [0, 0.05) is 41.8 Å². The van der Waals surface area contributed by atoms with E-state index >= 15 is 0 Å². The van der Waals surface area contributed by atoms with Crippen LogP contribution in [0.4, 0.5) is 10.1 Å². The molecule has 1 saturated heterocycles. The Bertz CT molecular complexity index is 1050. The highest BCUT2D eigenvalue weighted by atomic mass is 19.1. The lowest BCUT2D eigenvalue weighted by Crippen LogP contribution is -2.29. The normalized spacial score (nSPS) is 13.9. The van der Waals surface area contributed by atoms with E-state index in [9.17, 15) is 14.0 Å². The number of hydrogen-bond donors (Lipinski definition) is 1. The van der Waals surface area contributed by atoms with Gasteiger partial charge in [0.25, 0.3) is 11.8 Å². The maximum absolute atomic E-state index is 13.3. The molecule has 1 N–H and O–H groups in total. The zero-order valence-electron chi connectivity index (χ0n) is 15.7. The molecule has 0 bridgehead atoms. The van der Waals surface area contributed by atoms with Crippen LogP contribution in [-0.4, -0.2) is 34.4 Å². The van der Waals surface area contributed by atoms with Crippen LogP contribution in [0, 0.1) is 5.82 Å². The van der Waals surface area contributed by atoms with Gasteiger partial charge in [-0.15, -0.1) is 0 Å². The Hall–Kier alpha value is -3.15. The Morgan fingerprint density at radius 1 is 1.07 bits per heavy atom. The molecule has 2 amide bonds. The van der Waals surface area contributed by atoms with Gasteiger partial charge in [-0.2, -0.15) is 0 Å². The Labute approximate surface area is 162 Å². The lowest BCUT2D eigenvalue weighted by atomic mass is 10.2. The summed E-state index contributed by atoms with van der Waals surface area (Å²) >= 11 is 0. The smallest absolute Gasteiger partial charge is 0.270 e. The molecular formula is C22H22FN3O2. The van der Waals surface area contributed by atoms with Crippen molar-refractivity contribution in [2.45, 2.75) is 26.3 Å². The second-order valence-corrected chi connectivity index (χ2v) is 7.01. The topological polar surface area (TPSA) is 54.3 Å². The molecule has 0 saturated carbocycles. The van der Waals surface area contributed by atoms with E-state index in [0.29, 0.717) is 17.9 Å². The summed E-state index contributed by atoms with van der Waals surface area (Å²) in [6.07, 6.45) is 2.10. The van der Waals surface area contributed by atoms with Crippen LogP contribution in [0.3, 0.4) is 0 Å². The zero-order chi connectivity index (χ0) is 19.7. The van der Waals surface area contributed by atoms with Gasteiger partial charge >= 0.3 is 0 Å². The molecule has 0 unspecified atom stereocenters. The van der Waals surface area contributed by atoms with Gasteiger partial charge in [-0.05, 0) is 62.2 Å². The summed E-state index contributed by atoms with van der Waals surface area (Å²) < 4.78 is 15.4. The fraction of sp³-hybridized carbons (Fsp3) is 0.273. The molecule has 0 atom stereocenters. The van der Waals surface area contributed by atoms with Crippen molar-refractivity contribution in [1.82, 2.24) is 9.47 Å². The molecule has 0 spiro atoms. The number of fused-ring (bicyclic) bond motifs is 1. The number of aromatic nitrogens is 1. The zero-order valence-corrected chi connectivity index (χ0v) is 15.7. The largest absolute Gasteiger partial charge is 0.337 e. The first-order chi connectivity index (χ1) is 13.6. The van der Waals surface area contributed by atoms with Crippen LogP contribution in [0.1, 0.15) is 40.6 Å². The molecule has 2 heterocycles. The maximum atomic E-state index is 13.3. The fourth-order valence-corrected chi connectivity index (χ4v) is 3.78. The minimum atomic E-state index is -0.451. The molecule has 1 aliphatic rings. The predicted octanol–water partition coefficient (Wildman–Crippen LogP) is 4.29. The SMILES string of the molecule is CCn1c(C(=O)N2CCCC2)cc2cc(NC(=O)c3cccc(F)c3)ccc21. The molecule has 3 aromatic rings. The van der Waals surface area contributed by atoms with E-state index in [0.717, 1.165) is 36.8 Å². The van der Waals surface area contributed by atoms with Crippen LogP contribution in [0.15, 0.2) is 48.5 Å². The predicted molar refractivity (Wildman–Crippen MR) is 107 cm³/mol. The van der Waals surface area contributed by atoms with Gasteiger partial charge in [0.15, 0.2) is 0 Å². The summed E-state index contributed by atoms with van der Waals surface area (Å²) in [4.78, 5) is 27.1. The van der Waals surface area contributed by atoms with Crippen molar-refractivity contribution >= 4 is 28.4 Å². The van der Waals surface area contributed by atoms with Crippen molar-refractivity contribution in [1.29, 1.82) is 0 Å². The van der Waals surface area contributed by atoms with E-state index in [1.54, 1.807) is 12.1 Å². The Morgan fingerprint density at radius 2 is 1.86 bits per heavy atom. The quantitative estimate of drug-likeness (QED) is 0.735. The molecule has 5 nitrogen and oxygen atoms in total. The van der Waals surface area contributed by atoms with Crippen LogP contribution in [0.25, 0.3) is 10.9 Å². The summed E-state index contributed by atoms with van der Waals surface area (Å²) in [5, 5.41) is 3.69. The van der Waals surface area contributed by atoms with Crippen LogP contribution in [0.5, 0.6) is 0 Å². The minimum absolute atomic E-state index is 0.0564. The molecule has 1 aromatic heterocycles. The molecule has 28 heavy (non-hydrogen) atoms. The molecule has 4 rings (SSSR count). The second kappa shape index (κ2) is 7.46. The summed E-state index contributed by atoms with van der Waals surface area (Å²) in [5.41, 5.74) is 2.49. The molecule has 144 valence electrons. The number of aryl methyl sites for hydroxylation is 1. The van der Waals surface area contributed by atoms with E-state index < -0.39 is 5.82 Å². The molecule has 0 aliphatic carbocycles. The van der Waals surface area contributed by atoms with E-state index in [4.69, 9.17) is 0 Å². The average Bonchev–Trinajstić information content (AvgIpc) is 3.35. The first-order valence-electron chi connectivity index (χ1n) is 9.56. The van der Waals surface area contributed by atoms with Crippen molar-refractivity contribution in [3.63, 3.8) is 0 Å². The number of hydrogen-bond acceptors (Lipinski definition) is 2. The minimum Gasteiger partial charge on any atom is -0.337 e. The number of halogens is 1. The van der Waals surface area contributed by atoms with Gasteiger partial charge in [-0.25, -0.2) is 4.39 Å². The van der Waals surface area contributed by atoms with Crippen molar-refractivity contribution in [2.24, 2.45) is 0 Å². The van der Waals surface area contributed by atoms with Crippen molar-refractivity contribution < 1.29 is 14.0 Å². The lowest BCUT2D eigenvalue weighted by Gasteiger charge is -2.16. The van der Waals surface area contributed by atoms with Crippen LogP contribution in [0.2, 0.25) is 0 Å². The standard InChI is InChI=1S/C22H22FN3O2/c1-2-26-19-9-8-18(24-21(27)15-6-5-7-17(23)12-15)13-16(19)14-20(26)22(28)25-10-3-4-11-25/h5-9,12-14H,2-4,10-11H2,1H3,(H,24,27). The third kappa shape index (κ3) is 3.38. The van der Waals surface area contributed by atoms with Crippen LogP contribution in [-0.2, 0) is 6.54 Å². The van der Waals surface area contributed by atoms with E-state index in [2.05, 4.69) is 5.32 Å². The van der Waals surface area contributed by atoms with Crippen LogP contribution >= 0.6 is 0 Å². The summed E-state index contributed by atoms with van der Waals surface area (Å²) in [6, 6.07) is 13.0. The second-order valence-electron chi connectivity index (χ2n) is 7.01. The van der Waals surface area contributed by atoms with Gasteiger partial charge in [0.2, 0.25) is 0 Å². The van der Waals surface area contributed by atoms with Gasteiger partial charge in [-0.3, -0.25) is 9.59 Å². The van der Waals surface area contributed by atoms with Crippen molar-refractivity contribution in [2.75, 3.05) is 18.4 Å². The number of anilines is 1. The van der Waals surface area contributed by atoms with Gasteiger partial charge in [0.1, 0.15) is 11.5 Å². The number of amides is 2. The summed E-state index contributed by atoms with van der Waals surface area (Å²) in [5.74, 6) is -0.767. The van der Waals surface area contributed by atoms with Crippen LogP contribution < -0.4 is 5.32 Å². The number of carbonyl (C=O) groups excluding carboxylic acids is 2. The molecule has 0 radical (unpaired) electrons. The number of nitrogens with one attached hydrogen (secondary N) is 1. The third-order valence-electron chi connectivity index (χ3n) is 5.17. The number of benzene rings is 2. The molecule has 1 fully saturated rings. The third-order valence-corrected chi connectivity index (χ3v) is 5.17. The van der Waals surface area contributed by atoms with E-state index in [1.165, 1.54) is 18.2 Å².